The second-order valence-corrected chi connectivity index (χ2v) is 7.96. The Morgan fingerprint density at radius 3 is 2.48 bits per heavy atom. The van der Waals surface area contributed by atoms with Gasteiger partial charge in [0, 0.05) is 32.1 Å². The summed E-state index contributed by atoms with van der Waals surface area (Å²) in [6.45, 7) is 3.68. The summed E-state index contributed by atoms with van der Waals surface area (Å²) in [4.78, 5) is 11.7. The number of sulfonamides is 1. The van der Waals surface area contributed by atoms with Crippen LogP contribution in [0, 0.1) is 0 Å². The van der Waals surface area contributed by atoms with Gasteiger partial charge in [0.05, 0.1) is 19.0 Å². The Morgan fingerprint density at radius 2 is 1.88 bits per heavy atom. The number of halogens is 1. The number of hydrogen-bond acceptors (Lipinski definition) is 5. The van der Waals surface area contributed by atoms with Crippen LogP contribution in [0.15, 0.2) is 24.3 Å². The summed E-state index contributed by atoms with van der Waals surface area (Å²) < 4.78 is 31.8. The van der Waals surface area contributed by atoms with Gasteiger partial charge in [-0.1, -0.05) is 24.3 Å². The van der Waals surface area contributed by atoms with E-state index in [2.05, 4.69) is 5.32 Å². The highest BCUT2D eigenvalue weighted by atomic mass is 35.5. The molecule has 0 bridgehead atoms. The smallest absolute Gasteiger partial charge is 0.221 e. The van der Waals surface area contributed by atoms with Crippen molar-refractivity contribution in [2.75, 3.05) is 26.3 Å². The first-order valence-electron chi connectivity index (χ1n) is 8.03. The number of carbonyl (C=O) groups is 1. The Bertz CT molecular complexity index is 661. The van der Waals surface area contributed by atoms with Crippen LogP contribution in [0.2, 0.25) is 0 Å². The first kappa shape index (κ1) is 21.9. The highest BCUT2D eigenvalue weighted by molar-refractivity contribution is 7.88. The van der Waals surface area contributed by atoms with E-state index in [-0.39, 0.29) is 36.5 Å². The molecule has 0 spiro atoms. The van der Waals surface area contributed by atoms with Crippen LogP contribution in [0.4, 0.5) is 0 Å². The van der Waals surface area contributed by atoms with Crippen LogP contribution in [0.1, 0.15) is 24.5 Å². The topological polar surface area (TPSA) is 102 Å². The number of morpholine rings is 1. The first-order chi connectivity index (χ1) is 11.4. The molecule has 3 N–H and O–H groups in total. The number of nitrogens with one attached hydrogen (secondary N) is 1. The van der Waals surface area contributed by atoms with Crippen LogP contribution in [0.3, 0.4) is 0 Å². The van der Waals surface area contributed by atoms with Crippen LogP contribution < -0.4 is 11.1 Å². The number of nitrogens with two attached hydrogens (primary N) is 1. The molecule has 142 valence electrons. The molecule has 0 aliphatic carbocycles. The predicted octanol–water partition coefficient (Wildman–Crippen LogP) is 0.624. The van der Waals surface area contributed by atoms with Gasteiger partial charge < -0.3 is 15.8 Å². The quantitative estimate of drug-likeness (QED) is 0.709. The number of amides is 1. The molecule has 7 nitrogen and oxygen atoms in total. The molecule has 1 aromatic carbocycles. The highest BCUT2D eigenvalue weighted by Gasteiger charge is 2.25. The average Bonchev–Trinajstić information content (AvgIpc) is 2.54. The highest BCUT2D eigenvalue weighted by Crippen LogP contribution is 2.16. The first-order valence-corrected chi connectivity index (χ1v) is 9.64. The zero-order valence-corrected chi connectivity index (χ0v) is 15.9. The number of nitrogens with zero attached hydrogens (tertiary/aromatic N) is 1. The summed E-state index contributed by atoms with van der Waals surface area (Å²) in [5.41, 5.74) is 7.10. The zero-order chi connectivity index (χ0) is 17.6. The van der Waals surface area contributed by atoms with Gasteiger partial charge in [-0.3, -0.25) is 4.79 Å². The van der Waals surface area contributed by atoms with Crippen molar-refractivity contribution in [1.29, 1.82) is 0 Å². The lowest BCUT2D eigenvalue weighted by Crippen LogP contribution is -2.41. The van der Waals surface area contributed by atoms with Crippen molar-refractivity contribution in [3.8, 4) is 0 Å². The minimum atomic E-state index is -3.40. The van der Waals surface area contributed by atoms with Crippen LogP contribution in [0.25, 0.3) is 0 Å². The number of rotatable bonds is 7. The fourth-order valence-electron chi connectivity index (χ4n) is 2.54. The monoisotopic (exact) mass is 391 g/mol. The van der Waals surface area contributed by atoms with E-state index in [1.807, 2.05) is 12.1 Å². The second-order valence-electron chi connectivity index (χ2n) is 5.99. The maximum atomic E-state index is 12.6. The van der Waals surface area contributed by atoms with Gasteiger partial charge in [0.2, 0.25) is 15.9 Å². The Labute approximate surface area is 155 Å². The van der Waals surface area contributed by atoms with Crippen LogP contribution in [-0.4, -0.2) is 51.0 Å². The summed E-state index contributed by atoms with van der Waals surface area (Å²) in [5, 5.41) is 2.79. The molecular weight excluding hydrogens is 366 g/mol. The van der Waals surface area contributed by atoms with Crippen LogP contribution in [0.5, 0.6) is 0 Å². The molecule has 25 heavy (non-hydrogen) atoms. The molecule has 1 heterocycles. The Hall–Kier alpha value is -1.19. The normalized spacial score (nSPS) is 16.7. The minimum absolute atomic E-state index is 0. The molecule has 1 aromatic rings. The largest absolute Gasteiger partial charge is 0.379 e. The van der Waals surface area contributed by atoms with Crippen LogP contribution >= 0.6 is 12.4 Å². The van der Waals surface area contributed by atoms with Gasteiger partial charge in [0.15, 0.2) is 0 Å². The molecule has 1 atom stereocenters. The standard InChI is InChI=1S/C16H25N3O4S.ClH/c1-13(17)10-16(20)18-11-14-4-2-3-5-15(14)12-24(21,22)19-6-8-23-9-7-19;/h2-5,13H,6-12,17H2,1H3,(H,18,20);1H. The number of benzene rings is 1. The Balaban J connectivity index is 0.00000312. The summed E-state index contributed by atoms with van der Waals surface area (Å²) in [6.07, 6.45) is 0.244. The molecule has 0 radical (unpaired) electrons. The van der Waals surface area contributed by atoms with E-state index < -0.39 is 10.0 Å². The molecule has 1 saturated heterocycles. The number of ether oxygens (including phenoxy) is 1. The third-order valence-electron chi connectivity index (χ3n) is 3.80. The van der Waals surface area contributed by atoms with E-state index in [9.17, 15) is 13.2 Å². The summed E-state index contributed by atoms with van der Waals surface area (Å²) >= 11 is 0. The molecule has 1 aliphatic heterocycles. The molecule has 1 aliphatic rings. The van der Waals surface area contributed by atoms with Gasteiger partial charge in [-0.25, -0.2) is 8.42 Å². The van der Waals surface area contributed by atoms with E-state index in [1.54, 1.807) is 19.1 Å². The molecule has 1 amide bonds. The lowest BCUT2D eigenvalue weighted by atomic mass is 10.1. The van der Waals surface area contributed by atoms with Gasteiger partial charge in [-0.05, 0) is 18.1 Å². The van der Waals surface area contributed by atoms with E-state index in [0.29, 0.717) is 38.4 Å². The van der Waals surface area contributed by atoms with Crippen molar-refractivity contribution in [2.24, 2.45) is 5.73 Å². The van der Waals surface area contributed by atoms with Gasteiger partial charge in [-0.15, -0.1) is 12.4 Å². The molecule has 0 saturated carbocycles. The minimum Gasteiger partial charge on any atom is -0.379 e. The van der Waals surface area contributed by atoms with Gasteiger partial charge in [0.25, 0.3) is 0 Å². The molecule has 2 rings (SSSR count). The SMILES string of the molecule is CC(N)CC(=O)NCc1ccccc1CS(=O)(=O)N1CCOCC1.Cl. The maximum absolute atomic E-state index is 12.6. The molecule has 0 aromatic heterocycles. The average molecular weight is 392 g/mol. The van der Waals surface area contributed by atoms with Crippen molar-refractivity contribution in [3.05, 3.63) is 35.4 Å². The zero-order valence-electron chi connectivity index (χ0n) is 14.3. The van der Waals surface area contributed by atoms with E-state index in [4.69, 9.17) is 10.5 Å². The van der Waals surface area contributed by atoms with Gasteiger partial charge in [-0.2, -0.15) is 4.31 Å². The lowest BCUT2D eigenvalue weighted by molar-refractivity contribution is -0.121. The van der Waals surface area contributed by atoms with Crippen molar-refractivity contribution < 1.29 is 17.9 Å². The fraction of sp³-hybridized carbons (Fsp3) is 0.562. The van der Waals surface area contributed by atoms with E-state index in [1.165, 1.54) is 4.31 Å². The fourth-order valence-corrected chi connectivity index (χ4v) is 4.10. The van der Waals surface area contributed by atoms with Gasteiger partial charge in [0.1, 0.15) is 0 Å². The molecular formula is C16H26ClN3O4S. The molecule has 9 heteroatoms. The third-order valence-corrected chi connectivity index (χ3v) is 5.63. The lowest BCUT2D eigenvalue weighted by Gasteiger charge is -2.26. The third kappa shape index (κ3) is 6.91. The van der Waals surface area contributed by atoms with E-state index in [0.717, 1.165) is 5.56 Å². The Morgan fingerprint density at radius 1 is 1.28 bits per heavy atom. The van der Waals surface area contributed by atoms with Crippen molar-refractivity contribution in [1.82, 2.24) is 9.62 Å². The van der Waals surface area contributed by atoms with E-state index >= 15 is 0 Å². The summed E-state index contributed by atoms with van der Waals surface area (Å²) in [6, 6.07) is 7.04. The number of hydrogen-bond donors (Lipinski definition) is 2. The van der Waals surface area contributed by atoms with Crippen LogP contribution in [-0.2, 0) is 31.9 Å². The predicted molar refractivity (Wildman–Crippen MR) is 98.8 cm³/mol. The Kier molecular flexibility index (Phi) is 8.81. The molecule has 1 fully saturated rings. The summed E-state index contributed by atoms with van der Waals surface area (Å²) in [7, 11) is -3.40. The van der Waals surface area contributed by atoms with Crippen molar-refractivity contribution >= 4 is 28.3 Å². The molecule has 1 unspecified atom stereocenters. The second kappa shape index (κ2) is 10.1. The van der Waals surface area contributed by atoms with Crippen molar-refractivity contribution in [3.63, 3.8) is 0 Å². The summed E-state index contributed by atoms with van der Waals surface area (Å²) in [5.74, 6) is -0.220. The van der Waals surface area contributed by atoms with Crippen molar-refractivity contribution in [2.45, 2.75) is 31.7 Å². The maximum Gasteiger partial charge on any atom is 0.221 e. The van der Waals surface area contributed by atoms with Gasteiger partial charge >= 0.3 is 0 Å². The number of carbonyl (C=O) groups excluding carboxylic acids is 1.